The number of amides is 2. The number of rotatable bonds is 3. The molecule has 0 aromatic carbocycles. The molecule has 1 aromatic heterocycles. The molecule has 2 atom stereocenters. The molecule has 0 N–H and O–H groups in total. The molecule has 2 aliphatic rings. The molecule has 22 heavy (non-hydrogen) atoms. The lowest BCUT2D eigenvalue weighted by molar-refractivity contribution is -0.153. The molecule has 2 fully saturated rings. The summed E-state index contributed by atoms with van der Waals surface area (Å²) in [7, 11) is 0. The smallest absolute Gasteiger partial charge is 0.255 e. The number of morpholine rings is 1. The van der Waals surface area contributed by atoms with Crippen molar-refractivity contribution in [1.29, 1.82) is 0 Å². The van der Waals surface area contributed by atoms with Gasteiger partial charge in [-0.2, -0.15) is 10.2 Å². The number of carbonyl (C=O) groups is 2. The van der Waals surface area contributed by atoms with Crippen LogP contribution in [0.2, 0.25) is 0 Å². The van der Waals surface area contributed by atoms with Gasteiger partial charge in [0.15, 0.2) is 0 Å². The lowest BCUT2D eigenvalue weighted by atomic mass is 10.1. The van der Waals surface area contributed by atoms with Gasteiger partial charge in [-0.3, -0.25) is 9.59 Å². The molecule has 7 heteroatoms. The van der Waals surface area contributed by atoms with Gasteiger partial charge in [-0.15, -0.1) is 0 Å². The van der Waals surface area contributed by atoms with E-state index in [1.165, 1.54) is 12.4 Å². The van der Waals surface area contributed by atoms with Crippen LogP contribution in [0.4, 0.5) is 0 Å². The Morgan fingerprint density at radius 3 is 2.91 bits per heavy atom. The van der Waals surface area contributed by atoms with Gasteiger partial charge in [-0.1, -0.05) is 13.8 Å². The van der Waals surface area contributed by atoms with Crippen LogP contribution in [0.5, 0.6) is 0 Å². The number of nitrogens with zero attached hydrogens (tertiary/aromatic N) is 4. The Kier molecular flexibility index (Phi) is 4.06. The summed E-state index contributed by atoms with van der Waals surface area (Å²) in [6.07, 6.45) is 2.86. The maximum Gasteiger partial charge on any atom is 0.255 e. The van der Waals surface area contributed by atoms with Crippen molar-refractivity contribution >= 4 is 11.8 Å². The van der Waals surface area contributed by atoms with Crippen LogP contribution in [-0.2, 0) is 9.53 Å². The molecule has 3 heterocycles. The van der Waals surface area contributed by atoms with Crippen LogP contribution in [0, 0.1) is 5.92 Å². The van der Waals surface area contributed by atoms with Crippen LogP contribution in [0.15, 0.2) is 18.5 Å². The van der Waals surface area contributed by atoms with Crippen LogP contribution in [0.1, 0.15) is 24.2 Å². The molecule has 0 unspecified atom stereocenters. The first-order valence-corrected chi connectivity index (χ1v) is 7.53. The second-order valence-corrected chi connectivity index (χ2v) is 6.20. The fourth-order valence-corrected chi connectivity index (χ4v) is 3.06. The summed E-state index contributed by atoms with van der Waals surface area (Å²) in [6.45, 7) is 5.98. The highest BCUT2D eigenvalue weighted by Crippen LogP contribution is 2.25. The average Bonchev–Trinajstić information content (AvgIpc) is 2.94. The van der Waals surface area contributed by atoms with Gasteiger partial charge < -0.3 is 14.5 Å². The zero-order chi connectivity index (χ0) is 15.7. The lowest BCUT2D eigenvalue weighted by Crippen LogP contribution is -2.55. The summed E-state index contributed by atoms with van der Waals surface area (Å²) in [6, 6.07) is 1.59. The zero-order valence-electron chi connectivity index (χ0n) is 12.8. The normalized spacial score (nSPS) is 24.8. The van der Waals surface area contributed by atoms with Gasteiger partial charge >= 0.3 is 0 Å². The minimum absolute atomic E-state index is 0.00910. The SMILES string of the molecule is CC(C)CN1C(=O)CO[C@H]2CN(C(=O)c3ccnnc3)C[C@@H]21. The van der Waals surface area contributed by atoms with Crippen molar-refractivity contribution in [2.75, 3.05) is 26.2 Å². The van der Waals surface area contributed by atoms with E-state index in [0.717, 1.165) is 0 Å². The van der Waals surface area contributed by atoms with E-state index in [0.29, 0.717) is 31.1 Å². The molecule has 0 aliphatic carbocycles. The van der Waals surface area contributed by atoms with Gasteiger partial charge in [-0.05, 0) is 12.0 Å². The Morgan fingerprint density at radius 2 is 2.23 bits per heavy atom. The summed E-state index contributed by atoms with van der Waals surface area (Å²) in [5.74, 6) is 0.302. The van der Waals surface area contributed by atoms with E-state index in [2.05, 4.69) is 24.0 Å². The van der Waals surface area contributed by atoms with E-state index < -0.39 is 0 Å². The molecular weight excluding hydrogens is 284 g/mol. The fourth-order valence-electron chi connectivity index (χ4n) is 3.06. The van der Waals surface area contributed by atoms with Gasteiger partial charge in [0.1, 0.15) is 6.61 Å². The summed E-state index contributed by atoms with van der Waals surface area (Å²) < 4.78 is 5.63. The monoisotopic (exact) mass is 304 g/mol. The van der Waals surface area contributed by atoms with Crippen molar-refractivity contribution in [3.63, 3.8) is 0 Å². The predicted octanol–water partition coefficient (Wildman–Crippen LogP) is 0.184. The Hall–Kier alpha value is -2.02. The number of likely N-dealkylation sites (tertiary alicyclic amines) is 1. The Balaban J connectivity index is 1.74. The molecule has 2 aliphatic heterocycles. The first-order chi connectivity index (χ1) is 10.6. The molecule has 2 saturated heterocycles. The van der Waals surface area contributed by atoms with Crippen LogP contribution in [0.3, 0.4) is 0 Å². The molecule has 0 saturated carbocycles. The number of fused-ring (bicyclic) bond motifs is 1. The van der Waals surface area contributed by atoms with Crippen molar-refractivity contribution in [3.8, 4) is 0 Å². The quantitative estimate of drug-likeness (QED) is 0.796. The molecular formula is C15H20N4O3. The largest absolute Gasteiger partial charge is 0.364 e. The Morgan fingerprint density at radius 1 is 1.41 bits per heavy atom. The first kappa shape index (κ1) is 14.9. The molecule has 0 spiro atoms. The number of hydrogen-bond acceptors (Lipinski definition) is 5. The van der Waals surface area contributed by atoms with Crippen LogP contribution >= 0.6 is 0 Å². The zero-order valence-corrected chi connectivity index (χ0v) is 12.8. The Bertz CT molecular complexity index is 563. The highest BCUT2D eigenvalue weighted by Gasteiger charge is 2.44. The third-order valence-corrected chi connectivity index (χ3v) is 4.06. The van der Waals surface area contributed by atoms with Gasteiger partial charge in [0.05, 0.1) is 30.1 Å². The lowest BCUT2D eigenvalue weighted by Gasteiger charge is -2.37. The second kappa shape index (κ2) is 6.00. The van der Waals surface area contributed by atoms with Crippen LogP contribution in [0.25, 0.3) is 0 Å². The number of hydrogen-bond donors (Lipinski definition) is 0. The molecule has 0 bridgehead atoms. The molecule has 0 radical (unpaired) electrons. The fraction of sp³-hybridized carbons (Fsp3) is 0.600. The van der Waals surface area contributed by atoms with Crippen molar-refractivity contribution in [2.45, 2.75) is 26.0 Å². The van der Waals surface area contributed by atoms with Crippen LogP contribution < -0.4 is 0 Å². The summed E-state index contributed by atoms with van der Waals surface area (Å²) in [4.78, 5) is 28.2. The standard InChI is InChI=1S/C15H20N4O3/c1-10(2)6-19-12-7-18(8-13(12)22-9-14(19)20)15(21)11-3-4-16-17-5-11/h3-5,10,12-13H,6-9H2,1-2H3/t12-,13-/m0/s1. The Labute approximate surface area is 129 Å². The van der Waals surface area contributed by atoms with E-state index >= 15 is 0 Å². The van der Waals surface area contributed by atoms with E-state index in [1.807, 2.05) is 4.90 Å². The number of ether oxygens (including phenoxy) is 1. The van der Waals surface area contributed by atoms with E-state index in [4.69, 9.17) is 4.74 Å². The third-order valence-electron chi connectivity index (χ3n) is 4.06. The van der Waals surface area contributed by atoms with E-state index in [1.54, 1.807) is 11.0 Å². The van der Waals surface area contributed by atoms with E-state index in [-0.39, 0.29) is 30.6 Å². The van der Waals surface area contributed by atoms with Crippen molar-refractivity contribution in [3.05, 3.63) is 24.0 Å². The van der Waals surface area contributed by atoms with Crippen molar-refractivity contribution in [1.82, 2.24) is 20.0 Å². The van der Waals surface area contributed by atoms with E-state index in [9.17, 15) is 9.59 Å². The first-order valence-electron chi connectivity index (χ1n) is 7.53. The number of aromatic nitrogens is 2. The second-order valence-electron chi connectivity index (χ2n) is 6.20. The molecule has 2 amide bonds. The molecule has 3 rings (SSSR count). The van der Waals surface area contributed by atoms with Crippen molar-refractivity contribution < 1.29 is 14.3 Å². The van der Waals surface area contributed by atoms with Crippen LogP contribution in [-0.4, -0.2) is 70.2 Å². The minimum atomic E-state index is -0.102. The summed E-state index contributed by atoms with van der Waals surface area (Å²) in [5.41, 5.74) is 0.510. The third kappa shape index (κ3) is 2.81. The topological polar surface area (TPSA) is 75.6 Å². The predicted molar refractivity (Wildman–Crippen MR) is 78.0 cm³/mol. The molecule has 7 nitrogen and oxygen atoms in total. The summed E-state index contributed by atoms with van der Waals surface area (Å²) >= 11 is 0. The van der Waals surface area contributed by atoms with Gasteiger partial charge in [0.25, 0.3) is 5.91 Å². The minimum Gasteiger partial charge on any atom is -0.364 e. The maximum absolute atomic E-state index is 12.5. The van der Waals surface area contributed by atoms with Gasteiger partial charge in [-0.25, -0.2) is 0 Å². The van der Waals surface area contributed by atoms with Gasteiger partial charge in [0.2, 0.25) is 5.91 Å². The summed E-state index contributed by atoms with van der Waals surface area (Å²) in [5, 5.41) is 7.42. The number of carbonyl (C=O) groups excluding carboxylic acids is 2. The molecule has 118 valence electrons. The average molecular weight is 304 g/mol. The van der Waals surface area contributed by atoms with Crippen molar-refractivity contribution in [2.24, 2.45) is 5.92 Å². The highest BCUT2D eigenvalue weighted by atomic mass is 16.5. The maximum atomic E-state index is 12.5. The van der Waals surface area contributed by atoms with Gasteiger partial charge in [0, 0.05) is 19.6 Å². The molecule has 1 aromatic rings. The highest BCUT2D eigenvalue weighted by molar-refractivity contribution is 5.94.